The van der Waals surface area contributed by atoms with Crippen LogP contribution in [0.4, 0.5) is 5.69 Å². The minimum absolute atomic E-state index is 0.192. The van der Waals surface area contributed by atoms with Crippen molar-refractivity contribution in [1.29, 1.82) is 0 Å². The summed E-state index contributed by atoms with van der Waals surface area (Å²) < 4.78 is 6.09. The predicted octanol–water partition coefficient (Wildman–Crippen LogP) is 7.91. The highest BCUT2D eigenvalue weighted by molar-refractivity contribution is 6.37. The Bertz CT molecular complexity index is 1690. The molecule has 0 spiro atoms. The van der Waals surface area contributed by atoms with E-state index in [9.17, 15) is 4.79 Å². The van der Waals surface area contributed by atoms with Crippen LogP contribution in [-0.4, -0.2) is 11.6 Å². The first-order chi connectivity index (χ1) is 18.7. The van der Waals surface area contributed by atoms with E-state index in [1.54, 1.807) is 0 Å². The standard InChI is InChI=1S/C33H23ClN2O2/c34-30-21-23(18-19-31(30)38-22-26-14-9-13-24-10-7-8-17-28(24)26)20-29-32(25-11-3-1-4-12-25)35-36(33(29)37)27-15-5-2-6-16-27/h1-21H,22H2/b29-20-. The summed E-state index contributed by atoms with van der Waals surface area (Å²) in [6.45, 7) is 0.400. The SMILES string of the molecule is O=C1/C(=C\c2ccc(OCc3cccc4ccccc34)c(Cl)c2)C(c2ccccc2)=NN1c1ccccc1. The van der Waals surface area contributed by atoms with Crippen LogP contribution < -0.4 is 9.75 Å². The van der Waals surface area contributed by atoms with Crippen LogP contribution in [0.1, 0.15) is 16.7 Å². The van der Waals surface area contributed by atoms with Crippen LogP contribution in [0.5, 0.6) is 5.75 Å². The minimum Gasteiger partial charge on any atom is -0.487 e. The fourth-order valence-electron chi connectivity index (χ4n) is 4.56. The molecule has 0 saturated carbocycles. The number of carbonyl (C=O) groups excluding carboxylic acids is 1. The van der Waals surface area contributed by atoms with E-state index in [2.05, 4.69) is 29.4 Å². The molecule has 5 aromatic carbocycles. The fraction of sp³-hybridized carbons (Fsp3) is 0.0303. The molecule has 0 unspecified atom stereocenters. The van der Waals surface area contributed by atoms with Gasteiger partial charge in [0.2, 0.25) is 0 Å². The molecule has 0 atom stereocenters. The van der Waals surface area contributed by atoms with Crippen molar-refractivity contribution in [1.82, 2.24) is 0 Å². The lowest BCUT2D eigenvalue weighted by Crippen LogP contribution is -2.21. The Balaban J connectivity index is 1.29. The Morgan fingerprint density at radius 3 is 2.29 bits per heavy atom. The van der Waals surface area contributed by atoms with Crippen molar-refractivity contribution in [3.8, 4) is 5.75 Å². The van der Waals surface area contributed by atoms with Crippen molar-refractivity contribution in [2.24, 2.45) is 5.10 Å². The Kier molecular flexibility index (Phi) is 6.47. The molecule has 1 heterocycles. The molecule has 0 saturated heterocycles. The average molecular weight is 515 g/mol. The van der Waals surface area contributed by atoms with Crippen molar-refractivity contribution in [3.63, 3.8) is 0 Å². The third-order valence-corrected chi connectivity index (χ3v) is 6.75. The third-order valence-electron chi connectivity index (χ3n) is 6.46. The molecule has 6 rings (SSSR count). The number of hydrazone groups is 1. The van der Waals surface area contributed by atoms with Gasteiger partial charge in [0.15, 0.2) is 0 Å². The van der Waals surface area contributed by atoms with E-state index in [1.165, 1.54) is 10.4 Å². The number of anilines is 1. The number of carbonyl (C=O) groups is 1. The summed E-state index contributed by atoms with van der Waals surface area (Å²) in [4.78, 5) is 13.5. The van der Waals surface area contributed by atoms with E-state index < -0.39 is 0 Å². The van der Waals surface area contributed by atoms with Crippen molar-refractivity contribution < 1.29 is 9.53 Å². The number of ether oxygens (including phenoxy) is 1. The zero-order valence-electron chi connectivity index (χ0n) is 20.4. The molecule has 184 valence electrons. The molecule has 5 heteroatoms. The van der Waals surface area contributed by atoms with Crippen LogP contribution in [0.3, 0.4) is 0 Å². The highest BCUT2D eigenvalue weighted by Crippen LogP contribution is 2.31. The molecule has 1 aliphatic heterocycles. The molecule has 4 nitrogen and oxygen atoms in total. The lowest BCUT2D eigenvalue weighted by atomic mass is 10.00. The maximum absolute atomic E-state index is 13.5. The molecule has 0 radical (unpaired) electrons. The Hall–Kier alpha value is -4.67. The topological polar surface area (TPSA) is 41.9 Å². The van der Waals surface area contributed by atoms with Gasteiger partial charge in [0.1, 0.15) is 18.1 Å². The number of benzene rings is 5. The smallest absolute Gasteiger partial charge is 0.281 e. The van der Waals surface area contributed by atoms with Crippen molar-refractivity contribution >= 4 is 45.8 Å². The van der Waals surface area contributed by atoms with Gasteiger partial charge in [-0.3, -0.25) is 4.79 Å². The van der Waals surface area contributed by atoms with Gasteiger partial charge in [0, 0.05) is 5.56 Å². The lowest BCUT2D eigenvalue weighted by Gasteiger charge is -2.12. The van der Waals surface area contributed by atoms with E-state index in [4.69, 9.17) is 16.3 Å². The number of amides is 1. The first kappa shape index (κ1) is 23.7. The molecule has 1 amide bonds. The number of hydrogen-bond donors (Lipinski definition) is 0. The van der Waals surface area contributed by atoms with E-state index in [0.717, 1.165) is 22.1 Å². The number of fused-ring (bicyclic) bond motifs is 1. The largest absolute Gasteiger partial charge is 0.487 e. The monoisotopic (exact) mass is 514 g/mol. The summed E-state index contributed by atoms with van der Waals surface area (Å²) in [6.07, 6.45) is 1.83. The van der Waals surface area contributed by atoms with E-state index in [0.29, 0.717) is 34.4 Å². The quantitative estimate of drug-likeness (QED) is 0.216. The lowest BCUT2D eigenvalue weighted by molar-refractivity contribution is -0.114. The van der Waals surface area contributed by atoms with E-state index >= 15 is 0 Å². The summed E-state index contributed by atoms with van der Waals surface area (Å²) >= 11 is 6.63. The van der Waals surface area contributed by atoms with Gasteiger partial charge in [-0.2, -0.15) is 10.1 Å². The maximum atomic E-state index is 13.5. The van der Waals surface area contributed by atoms with Gasteiger partial charge in [-0.1, -0.05) is 109 Å². The van der Waals surface area contributed by atoms with Gasteiger partial charge in [-0.15, -0.1) is 0 Å². The Morgan fingerprint density at radius 1 is 0.789 bits per heavy atom. The van der Waals surface area contributed by atoms with Crippen molar-refractivity contribution in [2.45, 2.75) is 6.61 Å². The van der Waals surface area contributed by atoms with Crippen LogP contribution >= 0.6 is 11.6 Å². The second-order valence-corrected chi connectivity index (χ2v) is 9.35. The Morgan fingerprint density at radius 2 is 1.50 bits per heavy atom. The van der Waals surface area contributed by atoms with Crippen LogP contribution in [-0.2, 0) is 11.4 Å². The average Bonchev–Trinajstić information content (AvgIpc) is 3.29. The number of nitrogens with zero attached hydrogens (tertiary/aromatic N) is 2. The molecule has 0 aliphatic carbocycles. The number of hydrogen-bond acceptors (Lipinski definition) is 3. The molecule has 38 heavy (non-hydrogen) atoms. The first-order valence-corrected chi connectivity index (χ1v) is 12.7. The normalized spacial score (nSPS) is 14.2. The van der Waals surface area contributed by atoms with Crippen LogP contribution in [0.15, 0.2) is 132 Å². The fourth-order valence-corrected chi connectivity index (χ4v) is 4.81. The van der Waals surface area contributed by atoms with Crippen LogP contribution in [0.25, 0.3) is 16.8 Å². The van der Waals surface area contributed by atoms with E-state index in [-0.39, 0.29) is 5.91 Å². The molecule has 0 fully saturated rings. The number of para-hydroxylation sites is 1. The summed E-state index contributed by atoms with van der Waals surface area (Å²) in [6, 6.07) is 39.1. The zero-order chi connectivity index (χ0) is 25.9. The van der Waals surface area contributed by atoms with Crippen LogP contribution in [0.2, 0.25) is 5.02 Å². The van der Waals surface area contributed by atoms with Gasteiger partial charge in [-0.25, -0.2) is 0 Å². The predicted molar refractivity (Wildman–Crippen MR) is 155 cm³/mol. The summed E-state index contributed by atoms with van der Waals surface area (Å²) in [7, 11) is 0. The zero-order valence-corrected chi connectivity index (χ0v) is 21.2. The number of halogens is 1. The van der Waals surface area contributed by atoms with Crippen molar-refractivity contribution in [2.75, 3.05) is 5.01 Å². The summed E-state index contributed by atoms with van der Waals surface area (Å²) in [5, 5.41) is 8.93. The first-order valence-electron chi connectivity index (χ1n) is 12.3. The highest BCUT2D eigenvalue weighted by Gasteiger charge is 2.32. The molecule has 1 aliphatic rings. The minimum atomic E-state index is -0.192. The van der Waals surface area contributed by atoms with E-state index in [1.807, 2.05) is 103 Å². The molecular formula is C33H23ClN2O2. The van der Waals surface area contributed by atoms with Crippen LogP contribution in [0, 0.1) is 0 Å². The number of rotatable bonds is 6. The molecule has 0 N–H and O–H groups in total. The molecule has 0 aromatic heterocycles. The van der Waals surface area contributed by atoms with Gasteiger partial charge in [0.05, 0.1) is 16.3 Å². The summed E-state index contributed by atoms with van der Waals surface area (Å²) in [5.41, 5.74) is 4.57. The third kappa shape index (κ3) is 4.70. The van der Waals surface area contributed by atoms with Crippen molar-refractivity contribution in [3.05, 3.63) is 149 Å². The molecule has 5 aromatic rings. The van der Waals surface area contributed by atoms with Gasteiger partial charge < -0.3 is 4.74 Å². The van der Waals surface area contributed by atoms with Gasteiger partial charge in [-0.05, 0) is 52.2 Å². The Labute approximate surface area is 226 Å². The summed E-state index contributed by atoms with van der Waals surface area (Å²) in [5.74, 6) is 0.393. The van der Waals surface area contributed by atoms with Gasteiger partial charge >= 0.3 is 0 Å². The highest BCUT2D eigenvalue weighted by atomic mass is 35.5. The maximum Gasteiger partial charge on any atom is 0.281 e. The molecular weight excluding hydrogens is 492 g/mol. The molecule has 0 bridgehead atoms. The second kappa shape index (κ2) is 10.4. The second-order valence-electron chi connectivity index (χ2n) is 8.94. The van der Waals surface area contributed by atoms with Gasteiger partial charge in [0.25, 0.3) is 5.91 Å².